The monoisotopic (exact) mass is 225 g/mol. The summed E-state index contributed by atoms with van der Waals surface area (Å²) in [5.41, 5.74) is 0.843. The lowest BCUT2D eigenvalue weighted by atomic mass is 10.4. The Labute approximate surface area is 90.7 Å². The van der Waals surface area contributed by atoms with E-state index in [9.17, 15) is 0 Å². The molecule has 2 aromatic rings. The third kappa shape index (κ3) is 2.63. The van der Waals surface area contributed by atoms with Crippen LogP contribution >= 0.6 is 11.6 Å². The molecular formula is C8H8ClN5O. The Morgan fingerprint density at radius 2 is 2.33 bits per heavy atom. The summed E-state index contributed by atoms with van der Waals surface area (Å²) in [5.74, 6) is 0.601. The number of aromatic nitrogens is 4. The van der Waals surface area contributed by atoms with Crippen molar-refractivity contribution in [3.8, 4) is 0 Å². The highest BCUT2D eigenvalue weighted by Gasteiger charge is 2.03. The van der Waals surface area contributed by atoms with Gasteiger partial charge in [-0.3, -0.25) is 0 Å². The summed E-state index contributed by atoms with van der Waals surface area (Å²) in [6.07, 6.45) is 3.15. The number of alkyl halides is 1. The number of halogens is 1. The maximum Gasteiger partial charge on any atom is 0.315 e. The smallest absolute Gasteiger partial charge is 0.315 e. The summed E-state index contributed by atoms with van der Waals surface area (Å²) < 4.78 is 5.15. The van der Waals surface area contributed by atoms with E-state index < -0.39 is 0 Å². The molecule has 0 bridgehead atoms. The van der Waals surface area contributed by atoms with Crippen LogP contribution < -0.4 is 5.32 Å². The Bertz CT molecular complexity index is 418. The van der Waals surface area contributed by atoms with Crippen molar-refractivity contribution in [2.24, 2.45) is 0 Å². The fraction of sp³-hybridized carbons (Fsp3) is 0.250. The van der Waals surface area contributed by atoms with Crippen LogP contribution in [-0.4, -0.2) is 20.2 Å². The van der Waals surface area contributed by atoms with Gasteiger partial charge in [-0.15, -0.1) is 16.7 Å². The SMILES string of the molecule is ClCc1nnc(NCc2ccncn2)o1. The molecule has 0 aromatic carbocycles. The number of nitrogens with one attached hydrogen (secondary N) is 1. The van der Waals surface area contributed by atoms with Gasteiger partial charge < -0.3 is 9.73 Å². The number of hydrogen-bond donors (Lipinski definition) is 1. The third-order valence-electron chi connectivity index (χ3n) is 1.65. The lowest BCUT2D eigenvalue weighted by Gasteiger charge is -1.98. The van der Waals surface area contributed by atoms with Gasteiger partial charge in [0.2, 0.25) is 5.89 Å². The van der Waals surface area contributed by atoms with Crippen molar-refractivity contribution in [3.63, 3.8) is 0 Å². The van der Waals surface area contributed by atoms with Gasteiger partial charge >= 0.3 is 6.01 Å². The van der Waals surface area contributed by atoms with Crippen LogP contribution in [0.4, 0.5) is 6.01 Å². The molecule has 0 saturated carbocycles. The Balaban J connectivity index is 1.93. The Hall–Kier alpha value is -1.69. The van der Waals surface area contributed by atoms with E-state index in [-0.39, 0.29) is 5.88 Å². The quantitative estimate of drug-likeness (QED) is 0.789. The van der Waals surface area contributed by atoms with Crippen molar-refractivity contribution in [1.82, 2.24) is 20.2 Å². The van der Waals surface area contributed by atoms with E-state index >= 15 is 0 Å². The van der Waals surface area contributed by atoms with Crippen molar-refractivity contribution in [1.29, 1.82) is 0 Å². The fourth-order valence-corrected chi connectivity index (χ4v) is 1.08. The second-order valence-corrected chi connectivity index (χ2v) is 2.96. The largest absolute Gasteiger partial charge is 0.407 e. The lowest BCUT2D eigenvalue weighted by molar-refractivity contribution is 0.525. The van der Waals surface area contributed by atoms with Crippen molar-refractivity contribution >= 4 is 17.6 Å². The molecule has 0 fully saturated rings. The van der Waals surface area contributed by atoms with Gasteiger partial charge in [-0.25, -0.2) is 9.97 Å². The van der Waals surface area contributed by atoms with Crippen molar-refractivity contribution in [3.05, 3.63) is 30.2 Å². The van der Waals surface area contributed by atoms with Crippen LogP contribution in [0.25, 0.3) is 0 Å². The molecule has 0 aliphatic carbocycles. The molecule has 7 heteroatoms. The second-order valence-electron chi connectivity index (χ2n) is 2.69. The first-order valence-electron chi connectivity index (χ1n) is 4.25. The summed E-state index contributed by atoms with van der Waals surface area (Å²) in [6, 6.07) is 2.13. The van der Waals surface area contributed by atoms with Gasteiger partial charge in [0.25, 0.3) is 0 Å². The Morgan fingerprint density at radius 3 is 3.00 bits per heavy atom. The van der Waals surface area contributed by atoms with Crippen LogP contribution in [0.2, 0.25) is 0 Å². The lowest BCUT2D eigenvalue weighted by Crippen LogP contribution is -2.01. The predicted octanol–water partition coefficient (Wildman–Crippen LogP) is 1.21. The summed E-state index contributed by atoms with van der Waals surface area (Å²) in [5, 5.41) is 10.4. The van der Waals surface area contributed by atoms with Crippen molar-refractivity contribution < 1.29 is 4.42 Å². The van der Waals surface area contributed by atoms with Crippen LogP contribution in [0.5, 0.6) is 0 Å². The zero-order chi connectivity index (χ0) is 10.5. The van der Waals surface area contributed by atoms with E-state index in [0.29, 0.717) is 18.5 Å². The number of hydrogen-bond acceptors (Lipinski definition) is 6. The van der Waals surface area contributed by atoms with Gasteiger partial charge in [0.05, 0.1) is 12.2 Å². The minimum Gasteiger partial charge on any atom is -0.407 e. The van der Waals surface area contributed by atoms with E-state index in [4.69, 9.17) is 16.0 Å². The molecular weight excluding hydrogens is 218 g/mol. The third-order valence-corrected chi connectivity index (χ3v) is 1.87. The van der Waals surface area contributed by atoms with E-state index in [2.05, 4.69) is 25.5 Å². The van der Waals surface area contributed by atoms with Gasteiger partial charge in [-0.05, 0) is 6.07 Å². The summed E-state index contributed by atoms with van der Waals surface area (Å²) in [6.45, 7) is 0.506. The van der Waals surface area contributed by atoms with Gasteiger partial charge in [0.15, 0.2) is 0 Å². The topological polar surface area (TPSA) is 76.7 Å². The molecule has 6 nitrogen and oxygen atoms in total. The first-order chi connectivity index (χ1) is 7.38. The maximum absolute atomic E-state index is 5.51. The van der Waals surface area contributed by atoms with Crippen molar-refractivity contribution in [2.45, 2.75) is 12.4 Å². The highest BCUT2D eigenvalue weighted by atomic mass is 35.5. The van der Waals surface area contributed by atoms with E-state index in [1.165, 1.54) is 6.33 Å². The molecule has 78 valence electrons. The van der Waals surface area contributed by atoms with Crippen LogP contribution in [0.15, 0.2) is 23.0 Å². The first kappa shape index (κ1) is 9.85. The molecule has 2 heterocycles. The predicted molar refractivity (Wildman–Crippen MR) is 53.2 cm³/mol. The minimum absolute atomic E-state index is 0.211. The molecule has 0 amide bonds. The standard InChI is InChI=1S/C8H8ClN5O/c9-3-7-13-14-8(15-7)11-4-6-1-2-10-5-12-6/h1-2,5H,3-4H2,(H,11,14). The molecule has 0 aliphatic rings. The normalized spacial score (nSPS) is 10.2. The first-order valence-corrected chi connectivity index (χ1v) is 4.79. The van der Waals surface area contributed by atoms with Crippen molar-refractivity contribution in [2.75, 3.05) is 5.32 Å². The number of anilines is 1. The van der Waals surface area contributed by atoms with E-state index in [1.54, 1.807) is 12.3 Å². The van der Waals surface area contributed by atoms with Crippen LogP contribution in [0.1, 0.15) is 11.6 Å². The Morgan fingerprint density at radius 1 is 1.40 bits per heavy atom. The zero-order valence-electron chi connectivity index (χ0n) is 7.72. The van der Waals surface area contributed by atoms with Gasteiger partial charge in [-0.2, -0.15) is 0 Å². The maximum atomic E-state index is 5.51. The minimum atomic E-state index is 0.211. The molecule has 0 atom stereocenters. The summed E-state index contributed by atoms with van der Waals surface area (Å²) in [7, 11) is 0. The molecule has 0 saturated heterocycles. The number of rotatable bonds is 4. The molecule has 1 N–H and O–H groups in total. The van der Waals surface area contributed by atoms with Crippen LogP contribution in [-0.2, 0) is 12.4 Å². The fourth-order valence-electron chi connectivity index (χ4n) is 0.968. The van der Waals surface area contributed by atoms with Gasteiger partial charge in [0.1, 0.15) is 12.2 Å². The molecule has 0 aliphatic heterocycles. The highest BCUT2D eigenvalue weighted by molar-refractivity contribution is 6.16. The average Bonchev–Trinajstić information content (AvgIpc) is 2.76. The zero-order valence-corrected chi connectivity index (χ0v) is 8.48. The molecule has 0 unspecified atom stereocenters. The molecule has 0 spiro atoms. The number of nitrogens with zero attached hydrogens (tertiary/aromatic N) is 4. The van der Waals surface area contributed by atoms with Gasteiger partial charge in [0, 0.05) is 6.20 Å². The molecule has 0 radical (unpaired) electrons. The summed E-state index contributed by atoms with van der Waals surface area (Å²) in [4.78, 5) is 7.84. The highest BCUT2D eigenvalue weighted by Crippen LogP contribution is 2.08. The van der Waals surface area contributed by atoms with Crippen LogP contribution in [0, 0.1) is 0 Å². The van der Waals surface area contributed by atoms with Gasteiger partial charge in [-0.1, -0.05) is 5.10 Å². The molecule has 15 heavy (non-hydrogen) atoms. The average molecular weight is 226 g/mol. The van der Waals surface area contributed by atoms with E-state index in [0.717, 1.165) is 5.69 Å². The summed E-state index contributed by atoms with van der Waals surface area (Å²) >= 11 is 5.51. The second kappa shape index (κ2) is 4.70. The van der Waals surface area contributed by atoms with Crippen LogP contribution in [0.3, 0.4) is 0 Å². The molecule has 2 aromatic heterocycles. The molecule has 2 rings (SSSR count). The Kier molecular flexibility index (Phi) is 3.08. The van der Waals surface area contributed by atoms with E-state index in [1.807, 2.05) is 0 Å².